The molecule has 264 valence electrons. The average Bonchev–Trinajstić information content (AvgIpc) is 3.10. The molecular formula is C33H34Cl4FN3O6S2. The van der Waals surface area contributed by atoms with Crippen LogP contribution in [0.5, 0.6) is 11.5 Å². The number of ether oxygens (including phenoxy) is 2. The van der Waals surface area contributed by atoms with Crippen molar-refractivity contribution < 1.29 is 30.1 Å². The molecule has 49 heavy (non-hydrogen) atoms. The quantitative estimate of drug-likeness (QED) is 0.173. The first-order valence-electron chi connectivity index (χ1n) is 15.1. The molecule has 0 saturated carbocycles. The summed E-state index contributed by atoms with van der Waals surface area (Å²) in [5.41, 5.74) is 0.523. The number of morpholine rings is 1. The fourth-order valence-electron chi connectivity index (χ4n) is 4.15. The first-order valence-corrected chi connectivity index (χ1v) is 19.3. The number of para-hydroxylation sites is 2. The standard InChI is InChI=1S/C16H16Cl2N2O3S.C12H8Cl2FNO2S.C5H10O/c17-15-7-6-13(12-16(15)18)19-24(21,20-8-10-22-11-9-20)23-14-4-2-1-3-5-14;13-11-7-6-9(8-12(11)14)16-19(15,17)18-10-4-2-1-3-5-10;1-2-4-6-5-3-1/h1-7,12H,8-11H2;1-8H;1-5H2. The molecule has 16 heteroatoms. The molecule has 0 bridgehead atoms. The van der Waals surface area contributed by atoms with E-state index in [1.807, 2.05) is 18.2 Å². The predicted octanol–water partition coefficient (Wildman–Crippen LogP) is 10.5. The molecule has 2 saturated heterocycles. The van der Waals surface area contributed by atoms with E-state index in [1.165, 1.54) is 49.6 Å². The fraction of sp³-hybridized carbons (Fsp3) is 0.273. The van der Waals surface area contributed by atoms with Gasteiger partial charge in [0.15, 0.2) is 0 Å². The zero-order chi connectivity index (χ0) is 35.1. The minimum atomic E-state index is -4.34. The summed E-state index contributed by atoms with van der Waals surface area (Å²) in [6, 6.07) is 25.9. The van der Waals surface area contributed by atoms with Gasteiger partial charge < -0.3 is 17.8 Å². The van der Waals surface area contributed by atoms with Crippen molar-refractivity contribution in [2.75, 3.05) is 39.5 Å². The van der Waals surface area contributed by atoms with E-state index < -0.39 is 20.6 Å². The Hall–Kier alpha value is -2.65. The molecular weight excluding hydrogens is 759 g/mol. The highest BCUT2D eigenvalue weighted by Crippen LogP contribution is 2.30. The van der Waals surface area contributed by atoms with Crippen LogP contribution in [0, 0.1) is 0 Å². The molecule has 0 aromatic heterocycles. The van der Waals surface area contributed by atoms with Crippen molar-refractivity contribution in [3.05, 3.63) is 117 Å². The zero-order valence-corrected chi connectivity index (χ0v) is 30.8. The van der Waals surface area contributed by atoms with Crippen LogP contribution in [0.2, 0.25) is 20.1 Å². The molecule has 2 aliphatic heterocycles. The number of hydrogen-bond acceptors (Lipinski definition) is 8. The van der Waals surface area contributed by atoms with Gasteiger partial charge >= 0.3 is 10.4 Å². The van der Waals surface area contributed by atoms with Crippen LogP contribution >= 0.6 is 46.4 Å². The summed E-state index contributed by atoms with van der Waals surface area (Å²) >= 11 is 23.4. The molecule has 2 aliphatic rings. The molecule has 2 unspecified atom stereocenters. The Bertz CT molecular complexity index is 1870. The third-order valence-corrected chi connectivity index (χ3v) is 10.7. The molecule has 0 radical (unpaired) electrons. The highest BCUT2D eigenvalue weighted by Gasteiger charge is 2.25. The summed E-state index contributed by atoms with van der Waals surface area (Å²) in [5.74, 6) is 0.608. The fourth-order valence-corrected chi connectivity index (χ4v) is 7.10. The van der Waals surface area contributed by atoms with Crippen LogP contribution in [0.3, 0.4) is 0 Å². The molecule has 4 aromatic rings. The van der Waals surface area contributed by atoms with Gasteiger partial charge in [0.25, 0.3) is 10.2 Å². The van der Waals surface area contributed by atoms with Crippen molar-refractivity contribution in [3.63, 3.8) is 0 Å². The van der Waals surface area contributed by atoms with Gasteiger partial charge in [0.2, 0.25) is 0 Å². The van der Waals surface area contributed by atoms with E-state index in [-0.39, 0.29) is 16.5 Å². The predicted molar refractivity (Wildman–Crippen MR) is 196 cm³/mol. The zero-order valence-electron chi connectivity index (χ0n) is 26.1. The van der Waals surface area contributed by atoms with E-state index in [9.17, 15) is 12.3 Å². The number of nitrogens with zero attached hydrogens (tertiary/aromatic N) is 3. The molecule has 0 aliphatic carbocycles. The minimum absolute atomic E-state index is 0.0813. The summed E-state index contributed by atoms with van der Waals surface area (Å²) in [6.07, 6.45) is 3.93. The molecule has 0 N–H and O–H groups in total. The molecule has 6 rings (SSSR count). The highest BCUT2D eigenvalue weighted by atomic mass is 35.5. The molecule has 9 nitrogen and oxygen atoms in total. The Morgan fingerprint density at radius 1 is 0.592 bits per heavy atom. The molecule has 4 aromatic carbocycles. The van der Waals surface area contributed by atoms with Crippen LogP contribution in [0.15, 0.2) is 106 Å². The third kappa shape index (κ3) is 13.5. The molecule has 2 heterocycles. The lowest BCUT2D eigenvalue weighted by Crippen LogP contribution is -2.42. The highest BCUT2D eigenvalue weighted by molar-refractivity contribution is 7.87. The lowest BCUT2D eigenvalue weighted by molar-refractivity contribution is 0.0719. The summed E-state index contributed by atoms with van der Waals surface area (Å²) in [6.45, 7) is 3.89. The summed E-state index contributed by atoms with van der Waals surface area (Å²) in [5, 5.41) is 1.26. The largest absolute Gasteiger partial charge is 0.385 e. The average molecular weight is 794 g/mol. The van der Waals surface area contributed by atoms with Gasteiger partial charge in [-0.05, 0) is 79.9 Å². The maximum atomic E-state index is 13.8. The SMILES string of the molecule is C1CCOCC1.O=S(=Nc1ccc(Cl)c(Cl)c1)(Oc1ccccc1)N1CCOCC1.O=S(F)(=Nc1ccc(Cl)c(Cl)c1)Oc1ccccc1. The van der Waals surface area contributed by atoms with Crippen LogP contribution in [-0.4, -0.2) is 52.2 Å². The van der Waals surface area contributed by atoms with E-state index in [4.69, 9.17) is 64.2 Å². The van der Waals surface area contributed by atoms with Crippen LogP contribution in [0.25, 0.3) is 0 Å². The van der Waals surface area contributed by atoms with Gasteiger partial charge in [0.1, 0.15) is 11.5 Å². The summed E-state index contributed by atoms with van der Waals surface area (Å²) in [4.78, 5) is 0. The Morgan fingerprint density at radius 2 is 1.06 bits per heavy atom. The minimum Gasteiger partial charge on any atom is -0.385 e. The van der Waals surface area contributed by atoms with Crippen LogP contribution < -0.4 is 8.37 Å². The second-order valence-electron chi connectivity index (χ2n) is 10.2. The Balaban J connectivity index is 0.000000192. The van der Waals surface area contributed by atoms with E-state index in [2.05, 4.69) is 8.73 Å². The lowest BCUT2D eigenvalue weighted by Gasteiger charge is -2.28. The van der Waals surface area contributed by atoms with Crippen LogP contribution in [0.4, 0.5) is 15.3 Å². The van der Waals surface area contributed by atoms with Crippen molar-refractivity contribution in [1.29, 1.82) is 0 Å². The van der Waals surface area contributed by atoms with Crippen LogP contribution in [0.1, 0.15) is 19.3 Å². The van der Waals surface area contributed by atoms with Gasteiger partial charge in [-0.25, -0.2) is 0 Å². The smallest absolute Gasteiger partial charge is 0.382 e. The normalized spacial score (nSPS) is 17.0. The monoisotopic (exact) mass is 791 g/mol. The van der Waals surface area contributed by atoms with E-state index in [0.29, 0.717) is 52.8 Å². The van der Waals surface area contributed by atoms with Gasteiger partial charge in [0.05, 0.1) is 44.7 Å². The number of hydrogen-bond donors (Lipinski definition) is 0. The first kappa shape index (κ1) is 39.1. The maximum absolute atomic E-state index is 13.8. The Labute approximate surface area is 307 Å². The van der Waals surface area contributed by atoms with Gasteiger partial charge in [-0.1, -0.05) is 86.7 Å². The van der Waals surface area contributed by atoms with Gasteiger partial charge in [-0.2, -0.15) is 17.1 Å². The summed E-state index contributed by atoms with van der Waals surface area (Å²) in [7, 11) is -7.49. The van der Waals surface area contributed by atoms with Crippen molar-refractivity contribution in [2.45, 2.75) is 19.3 Å². The van der Waals surface area contributed by atoms with Gasteiger partial charge in [-0.3, -0.25) is 0 Å². The lowest BCUT2D eigenvalue weighted by atomic mass is 10.2. The number of halogens is 5. The molecule has 2 fully saturated rings. The second kappa shape index (κ2) is 19.7. The van der Waals surface area contributed by atoms with Gasteiger partial charge in [-0.15, -0.1) is 4.36 Å². The molecule has 0 amide bonds. The van der Waals surface area contributed by atoms with Crippen molar-refractivity contribution >= 4 is 78.4 Å². The first-order chi connectivity index (χ1) is 23.5. The topological polar surface area (TPSA) is 99.0 Å². The maximum Gasteiger partial charge on any atom is 0.382 e. The molecule has 2 atom stereocenters. The van der Waals surface area contributed by atoms with Crippen molar-refractivity contribution in [1.82, 2.24) is 4.31 Å². The van der Waals surface area contributed by atoms with E-state index >= 15 is 0 Å². The Kier molecular flexibility index (Phi) is 15.7. The number of rotatable bonds is 7. The third-order valence-electron chi connectivity index (χ3n) is 6.51. The van der Waals surface area contributed by atoms with Gasteiger partial charge in [0, 0.05) is 26.3 Å². The Morgan fingerprint density at radius 3 is 1.51 bits per heavy atom. The summed E-state index contributed by atoms with van der Waals surface area (Å²) < 4.78 is 69.1. The van der Waals surface area contributed by atoms with E-state index in [1.54, 1.807) is 52.8 Å². The number of benzene rings is 4. The second-order valence-corrected chi connectivity index (χ2v) is 14.8. The molecule has 0 spiro atoms. The van der Waals surface area contributed by atoms with E-state index in [0.717, 1.165) is 13.2 Å². The van der Waals surface area contributed by atoms with Crippen molar-refractivity contribution in [2.24, 2.45) is 8.73 Å². The van der Waals surface area contributed by atoms with Crippen molar-refractivity contribution in [3.8, 4) is 11.5 Å². The van der Waals surface area contributed by atoms with Crippen LogP contribution in [-0.2, 0) is 30.1 Å².